The van der Waals surface area contributed by atoms with Crippen LogP contribution in [0, 0.1) is 6.04 Å². The molecule has 0 fully saturated rings. The van der Waals surface area contributed by atoms with Gasteiger partial charge in [0, 0.05) is 26.4 Å². The Bertz CT molecular complexity index is 125. The third-order valence-electron chi connectivity index (χ3n) is 1.93. The first-order chi connectivity index (χ1) is 6.74. The first-order valence-electron chi connectivity index (χ1n) is 5.42. The first kappa shape index (κ1) is 14.1. The highest BCUT2D eigenvalue weighted by atomic mass is 28.4. The van der Waals surface area contributed by atoms with Crippen molar-refractivity contribution in [1.29, 1.82) is 0 Å². The molecule has 0 heterocycles. The summed E-state index contributed by atoms with van der Waals surface area (Å²) in [5, 5.41) is 0. The summed E-state index contributed by atoms with van der Waals surface area (Å²) in [5.41, 5.74) is 0. The van der Waals surface area contributed by atoms with Crippen LogP contribution in [-0.4, -0.2) is 29.1 Å². The van der Waals surface area contributed by atoms with Crippen molar-refractivity contribution in [3.63, 3.8) is 0 Å². The lowest BCUT2D eigenvalue weighted by Crippen LogP contribution is -2.46. The molecule has 0 aliphatic carbocycles. The third-order valence-corrected chi connectivity index (χ3v) is 4.67. The van der Waals surface area contributed by atoms with Crippen LogP contribution < -0.4 is 0 Å². The minimum atomic E-state index is -2.43. The minimum Gasteiger partial charge on any atom is -0.377 e. The van der Waals surface area contributed by atoms with E-state index in [1.165, 1.54) is 6.42 Å². The molecule has 0 aromatic heterocycles. The average molecular weight is 219 g/mol. The van der Waals surface area contributed by atoms with E-state index in [1.54, 1.807) is 7.11 Å². The summed E-state index contributed by atoms with van der Waals surface area (Å²) in [4.78, 5) is 0. The second-order valence-electron chi connectivity index (χ2n) is 3.02. The number of unbranched alkanes of at least 4 members (excludes halogenated alkanes) is 2. The lowest BCUT2D eigenvalue weighted by Gasteiger charge is -2.26. The maximum Gasteiger partial charge on any atom is 0.504 e. The van der Waals surface area contributed by atoms with Gasteiger partial charge in [0.05, 0.1) is 0 Å². The molecule has 0 amide bonds. The van der Waals surface area contributed by atoms with Gasteiger partial charge in [-0.2, -0.15) is 0 Å². The van der Waals surface area contributed by atoms with E-state index in [0.717, 1.165) is 12.8 Å². The second-order valence-corrected chi connectivity index (χ2v) is 5.62. The van der Waals surface area contributed by atoms with Crippen molar-refractivity contribution in [2.45, 2.75) is 40.0 Å². The third kappa shape index (κ3) is 5.10. The molecule has 0 bridgehead atoms. The molecule has 3 nitrogen and oxygen atoms in total. The maximum absolute atomic E-state index is 5.60. The average Bonchev–Trinajstić information content (AvgIpc) is 2.19. The van der Waals surface area contributed by atoms with Gasteiger partial charge in [-0.3, -0.25) is 0 Å². The zero-order chi connectivity index (χ0) is 10.9. The fourth-order valence-corrected chi connectivity index (χ4v) is 3.33. The van der Waals surface area contributed by atoms with Crippen molar-refractivity contribution in [3.8, 4) is 0 Å². The van der Waals surface area contributed by atoms with Gasteiger partial charge >= 0.3 is 8.80 Å². The fraction of sp³-hybridized carbons (Fsp3) is 0.900. The van der Waals surface area contributed by atoms with Crippen LogP contribution >= 0.6 is 0 Å². The van der Waals surface area contributed by atoms with Crippen molar-refractivity contribution in [1.82, 2.24) is 0 Å². The van der Waals surface area contributed by atoms with E-state index in [4.69, 9.17) is 13.3 Å². The fourth-order valence-electron chi connectivity index (χ4n) is 1.25. The highest BCUT2D eigenvalue weighted by Crippen LogP contribution is 2.16. The van der Waals surface area contributed by atoms with Gasteiger partial charge in [0.1, 0.15) is 0 Å². The van der Waals surface area contributed by atoms with Crippen molar-refractivity contribution in [3.05, 3.63) is 6.04 Å². The molecule has 85 valence electrons. The molecule has 0 rings (SSSR count). The van der Waals surface area contributed by atoms with Gasteiger partial charge in [0.2, 0.25) is 0 Å². The Morgan fingerprint density at radius 1 is 1.07 bits per heavy atom. The van der Waals surface area contributed by atoms with Crippen LogP contribution in [0.2, 0.25) is 0 Å². The molecule has 0 saturated carbocycles. The van der Waals surface area contributed by atoms with Gasteiger partial charge in [-0.1, -0.05) is 19.8 Å². The summed E-state index contributed by atoms with van der Waals surface area (Å²) in [6, 6.07) is 2.10. The molecular weight excluding hydrogens is 196 g/mol. The van der Waals surface area contributed by atoms with Gasteiger partial charge in [-0.15, -0.1) is 0 Å². The Balaban J connectivity index is 4.03. The lowest BCUT2D eigenvalue weighted by atomic mass is 10.3. The van der Waals surface area contributed by atoms with Crippen LogP contribution in [0.1, 0.15) is 40.0 Å². The molecule has 0 N–H and O–H groups in total. The van der Waals surface area contributed by atoms with E-state index >= 15 is 0 Å². The predicted octanol–water partition coefficient (Wildman–Crippen LogP) is 2.58. The summed E-state index contributed by atoms with van der Waals surface area (Å²) in [6.07, 6.45) is 3.36. The Morgan fingerprint density at radius 2 is 1.64 bits per heavy atom. The summed E-state index contributed by atoms with van der Waals surface area (Å²) < 4.78 is 16.6. The highest BCUT2D eigenvalue weighted by molar-refractivity contribution is 6.64. The predicted molar refractivity (Wildman–Crippen MR) is 59.8 cm³/mol. The number of rotatable bonds is 9. The molecule has 0 aliphatic rings. The van der Waals surface area contributed by atoms with Gasteiger partial charge < -0.3 is 13.3 Å². The first-order valence-corrected chi connectivity index (χ1v) is 7.22. The van der Waals surface area contributed by atoms with Crippen molar-refractivity contribution < 1.29 is 13.3 Å². The largest absolute Gasteiger partial charge is 0.504 e. The Hall–Kier alpha value is 0.0969. The monoisotopic (exact) mass is 219 g/mol. The maximum atomic E-state index is 5.60. The van der Waals surface area contributed by atoms with Crippen LogP contribution in [0.15, 0.2) is 0 Å². The molecule has 0 aliphatic heterocycles. The molecule has 0 unspecified atom stereocenters. The summed E-state index contributed by atoms with van der Waals surface area (Å²) in [7, 11) is -0.765. The number of hydrogen-bond acceptors (Lipinski definition) is 3. The van der Waals surface area contributed by atoms with E-state index in [9.17, 15) is 0 Å². The molecule has 0 aromatic rings. The quantitative estimate of drug-likeness (QED) is 0.441. The molecular formula is C10H23O3Si. The van der Waals surface area contributed by atoms with Crippen LogP contribution in [0.25, 0.3) is 0 Å². The van der Waals surface area contributed by atoms with Crippen LogP contribution in [0.3, 0.4) is 0 Å². The Labute approximate surface area is 89.1 Å². The number of hydrogen-bond donors (Lipinski definition) is 0. The highest BCUT2D eigenvalue weighted by Gasteiger charge is 2.38. The lowest BCUT2D eigenvalue weighted by molar-refractivity contribution is 0.0941. The minimum absolute atomic E-state index is 0.642. The zero-order valence-electron chi connectivity index (χ0n) is 9.84. The van der Waals surface area contributed by atoms with Gasteiger partial charge in [-0.25, -0.2) is 0 Å². The summed E-state index contributed by atoms with van der Waals surface area (Å²) in [6.45, 7) is 7.39. The van der Waals surface area contributed by atoms with Gasteiger partial charge in [0.25, 0.3) is 0 Å². The second kappa shape index (κ2) is 8.41. The van der Waals surface area contributed by atoms with Crippen LogP contribution in [-0.2, 0) is 13.3 Å². The molecule has 0 atom stereocenters. The standard InChI is InChI=1S/C10H23O3Si/c1-5-8-9-10-14(11-4,12-6-2)13-7-3/h10H,5-9H2,1-4H3. The van der Waals surface area contributed by atoms with Gasteiger partial charge in [-0.05, 0) is 20.3 Å². The van der Waals surface area contributed by atoms with E-state index in [2.05, 4.69) is 13.0 Å². The smallest absolute Gasteiger partial charge is 0.377 e. The molecule has 4 heteroatoms. The normalized spacial score (nSPS) is 12.0. The van der Waals surface area contributed by atoms with Gasteiger partial charge in [0.15, 0.2) is 0 Å². The van der Waals surface area contributed by atoms with E-state index < -0.39 is 8.80 Å². The molecule has 14 heavy (non-hydrogen) atoms. The summed E-state index contributed by atoms with van der Waals surface area (Å²) in [5.74, 6) is 0. The SMILES string of the molecule is CCCC[CH][Si](OC)(OCC)OCC. The molecule has 0 aromatic carbocycles. The van der Waals surface area contributed by atoms with Crippen molar-refractivity contribution >= 4 is 8.80 Å². The van der Waals surface area contributed by atoms with E-state index in [0.29, 0.717) is 13.2 Å². The van der Waals surface area contributed by atoms with Crippen LogP contribution in [0.4, 0.5) is 0 Å². The Kier molecular flexibility index (Phi) is 8.47. The van der Waals surface area contributed by atoms with Crippen molar-refractivity contribution in [2.75, 3.05) is 20.3 Å². The summed E-state index contributed by atoms with van der Waals surface area (Å²) >= 11 is 0. The topological polar surface area (TPSA) is 27.7 Å². The van der Waals surface area contributed by atoms with Crippen molar-refractivity contribution in [2.24, 2.45) is 0 Å². The van der Waals surface area contributed by atoms with Crippen LogP contribution in [0.5, 0.6) is 0 Å². The Morgan fingerprint density at radius 3 is 2.00 bits per heavy atom. The molecule has 0 spiro atoms. The molecule has 0 saturated heterocycles. The van der Waals surface area contributed by atoms with E-state index in [1.807, 2.05) is 13.8 Å². The molecule has 1 radical (unpaired) electrons. The van der Waals surface area contributed by atoms with E-state index in [-0.39, 0.29) is 0 Å². The zero-order valence-corrected chi connectivity index (χ0v) is 10.8.